The second-order valence-corrected chi connectivity index (χ2v) is 8.42. The first kappa shape index (κ1) is 16.8. The number of nitrogens with zero attached hydrogens (tertiary/aromatic N) is 3. The Morgan fingerprint density at radius 3 is 2.81 bits per heavy atom. The van der Waals surface area contributed by atoms with Crippen molar-refractivity contribution < 1.29 is 14.7 Å². The van der Waals surface area contributed by atoms with Crippen LogP contribution < -0.4 is 0 Å². The summed E-state index contributed by atoms with van der Waals surface area (Å²) < 4.78 is 1.99. The molecule has 1 N–H and O–H groups in total. The van der Waals surface area contributed by atoms with E-state index in [0.29, 0.717) is 32.1 Å². The number of aromatic nitrogens is 1. The normalized spacial score (nSPS) is 29.4. The Bertz CT molecular complexity index is 907. The van der Waals surface area contributed by atoms with Gasteiger partial charge in [-0.3, -0.25) is 9.59 Å². The highest BCUT2D eigenvalue weighted by molar-refractivity contribution is 5.89. The molecule has 2 unspecified atom stereocenters. The number of likely N-dealkylation sites (tertiary alicyclic amines) is 2. The third-order valence-corrected chi connectivity index (χ3v) is 6.74. The van der Waals surface area contributed by atoms with Crippen molar-refractivity contribution in [3.05, 3.63) is 36.5 Å². The Morgan fingerprint density at radius 1 is 1.15 bits per heavy atom. The average Bonchev–Trinajstić information content (AvgIpc) is 3.10. The standard InChI is InChI=1S/C21H25N3O3/c25-13-15-5-7-23(10-15)20(27)21-9-17(21)11-24(14-21)19(26)12-22-8-6-16-3-1-2-4-18(16)22/h1-4,6,8,15,17,25H,5,7,9-14H2/t15-,17?,21?/m0/s1. The van der Waals surface area contributed by atoms with Crippen LogP contribution in [0.15, 0.2) is 36.5 Å². The molecule has 2 aromatic rings. The molecule has 2 aliphatic heterocycles. The molecule has 3 fully saturated rings. The molecule has 6 nitrogen and oxygen atoms in total. The van der Waals surface area contributed by atoms with E-state index in [-0.39, 0.29) is 29.8 Å². The SMILES string of the molecule is O=C(Cn1ccc2ccccc21)N1CC2CC2(C(=O)N2CC[C@H](CO)C2)C1. The largest absolute Gasteiger partial charge is 0.396 e. The minimum absolute atomic E-state index is 0.0883. The quantitative estimate of drug-likeness (QED) is 0.887. The maximum atomic E-state index is 13.0. The highest BCUT2D eigenvalue weighted by Gasteiger charge is 2.66. The van der Waals surface area contributed by atoms with Crippen LogP contribution in [0.4, 0.5) is 0 Å². The molecule has 27 heavy (non-hydrogen) atoms. The van der Waals surface area contributed by atoms with E-state index < -0.39 is 0 Å². The summed E-state index contributed by atoms with van der Waals surface area (Å²) in [6.45, 7) is 3.11. The van der Waals surface area contributed by atoms with Crippen LogP contribution in [-0.2, 0) is 16.1 Å². The number of carbonyl (C=O) groups excluding carboxylic acids is 2. The van der Waals surface area contributed by atoms with Crippen LogP contribution in [0.3, 0.4) is 0 Å². The Balaban J connectivity index is 1.26. The second kappa shape index (κ2) is 6.09. The molecule has 1 aromatic heterocycles. The van der Waals surface area contributed by atoms with Crippen molar-refractivity contribution in [3.8, 4) is 0 Å². The monoisotopic (exact) mass is 367 g/mol. The number of hydrogen-bond donors (Lipinski definition) is 1. The van der Waals surface area contributed by atoms with Crippen molar-refractivity contribution in [2.24, 2.45) is 17.3 Å². The van der Waals surface area contributed by atoms with E-state index in [2.05, 4.69) is 0 Å². The molecule has 2 saturated heterocycles. The Hall–Kier alpha value is -2.34. The molecule has 1 aromatic carbocycles. The van der Waals surface area contributed by atoms with Gasteiger partial charge in [-0.2, -0.15) is 0 Å². The van der Waals surface area contributed by atoms with E-state index in [1.54, 1.807) is 0 Å². The highest BCUT2D eigenvalue weighted by atomic mass is 16.3. The van der Waals surface area contributed by atoms with Crippen LogP contribution in [0.2, 0.25) is 0 Å². The van der Waals surface area contributed by atoms with Crippen LogP contribution in [0.25, 0.3) is 10.9 Å². The lowest BCUT2D eigenvalue weighted by Gasteiger charge is -2.25. The fourth-order valence-electron chi connectivity index (χ4n) is 5.01. The van der Waals surface area contributed by atoms with Gasteiger partial charge < -0.3 is 19.5 Å². The van der Waals surface area contributed by atoms with Gasteiger partial charge in [-0.1, -0.05) is 18.2 Å². The van der Waals surface area contributed by atoms with Crippen LogP contribution in [0.1, 0.15) is 12.8 Å². The lowest BCUT2D eigenvalue weighted by molar-refractivity contribution is -0.137. The van der Waals surface area contributed by atoms with E-state index in [4.69, 9.17) is 0 Å². The number of hydrogen-bond acceptors (Lipinski definition) is 3. The zero-order valence-corrected chi connectivity index (χ0v) is 15.4. The molecule has 2 amide bonds. The predicted molar refractivity (Wildman–Crippen MR) is 101 cm³/mol. The first-order valence-corrected chi connectivity index (χ1v) is 9.82. The van der Waals surface area contributed by atoms with Gasteiger partial charge in [0, 0.05) is 50.4 Å². The van der Waals surface area contributed by atoms with Gasteiger partial charge in [-0.05, 0) is 36.3 Å². The number of piperidine rings is 1. The molecular formula is C21H25N3O3. The average molecular weight is 367 g/mol. The van der Waals surface area contributed by atoms with Crippen LogP contribution in [-0.4, -0.2) is 64.1 Å². The summed E-state index contributed by atoms with van der Waals surface area (Å²) in [6, 6.07) is 10.1. The summed E-state index contributed by atoms with van der Waals surface area (Å²) in [5.74, 6) is 0.808. The number of aliphatic hydroxyl groups excluding tert-OH is 1. The van der Waals surface area contributed by atoms with Gasteiger partial charge >= 0.3 is 0 Å². The first-order valence-electron chi connectivity index (χ1n) is 9.82. The summed E-state index contributed by atoms with van der Waals surface area (Å²) in [4.78, 5) is 29.7. The van der Waals surface area contributed by atoms with E-state index in [1.165, 1.54) is 0 Å². The minimum atomic E-state index is -0.348. The molecule has 142 valence electrons. The molecule has 5 rings (SSSR count). The lowest BCUT2D eigenvalue weighted by atomic mass is 10.0. The molecule has 6 heteroatoms. The lowest BCUT2D eigenvalue weighted by Crippen LogP contribution is -2.41. The third kappa shape index (κ3) is 2.65. The second-order valence-electron chi connectivity index (χ2n) is 8.42. The molecule has 3 atom stereocenters. The van der Waals surface area contributed by atoms with Gasteiger partial charge in [0.15, 0.2) is 0 Å². The number of carbonyl (C=O) groups is 2. The van der Waals surface area contributed by atoms with E-state index in [9.17, 15) is 14.7 Å². The zero-order valence-electron chi connectivity index (χ0n) is 15.4. The summed E-state index contributed by atoms with van der Waals surface area (Å²) >= 11 is 0. The molecule has 0 radical (unpaired) electrons. The number of amides is 2. The number of fused-ring (bicyclic) bond motifs is 2. The number of aliphatic hydroxyl groups is 1. The van der Waals surface area contributed by atoms with Crippen LogP contribution >= 0.6 is 0 Å². The van der Waals surface area contributed by atoms with Crippen molar-refractivity contribution in [3.63, 3.8) is 0 Å². The fourth-order valence-corrected chi connectivity index (χ4v) is 5.01. The van der Waals surface area contributed by atoms with Crippen LogP contribution in [0, 0.1) is 17.3 Å². The molecule has 1 saturated carbocycles. The molecule has 3 aliphatic rings. The Labute approximate surface area is 158 Å². The van der Waals surface area contributed by atoms with Gasteiger partial charge in [0.2, 0.25) is 11.8 Å². The minimum Gasteiger partial charge on any atom is -0.396 e. The highest BCUT2D eigenvalue weighted by Crippen LogP contribution is 2.59. The summed E-state index contributed by atoms with van der Waals surface area (Å²) in [5.41, 5.74) is 0.715. The van der Waals surface area contributed by atoms with Gasteiger partial charge in [0.05, 0.1) is 5.41 Å². The fraction of sp³-hybridized carbons (Fsp3) is 0.524. The van der Waals surface area contributed by atoms with Crippen molar-refractivity contribution in [2.75, 3.05) is 32.8 Å². The molecule has 1 aliphatic carbocycles. The van der Waals surface area contributed by atoms with Gasteiger partial charge in [-0.15, -0.1) is 0 Å². The smallest absolute Gasteiger partial charge is 0.242 e. The summed E-state index contributed by atoms with van der Waals surface area (Å²) in [7, 11) is 0. The maximum absolute atomic E-state index is 13.0. The zero-order chi connectivity index (χ0) is 18.6. The summed E-state index contributed by atoms with van der Waals surface area (Å²) in [5, 5.41) is 10.5. The molecule has 0 spiro atoms. The van der Waals surface area contributed by atoms with Gasteiger partial charge in [0.25, 0.3) is 0 Å². The molecule has 3 heterocycles. The van der Waals surface area contributed by atoms with Crippen molar-refractivity contribution in [1.82, 2.24) is 14.4 Å². The Morgan fingerprint density at radius 2 is 2.00 bits per heavy atom. The van der Waals surface area contributed by atoms with Gasteiger partial charge in [-0.25, -0.2) is 0 Å². The topological polar surface area (TPSA) is 65.8 Å². The third-order valence-electron chi connectivity index (χ3n) is 6.74. The predicted octanol–water partition coefficient (Wildman–Crippen LogP) is 1.33. The molecular weight excluding hydrogens is 342 g/mol. The number of para-hydroxylation sites is 1. The van der Waals surface area contributed by atoms with E-state index in [1.807, 2.05) is 50.9 Å². The van der Waals surface area contributed by atoms with Crippen molar-refractivity contribution >= 4 is 22.7 Å². The van der Waals surface area contributed by atoms with Crippen molar-refractivity contribution in [2.45, 2.75) is 19.4 Å². The van der Waals surface area contributed by atoms with Crippen molar-refractivity contribution in [1.29, 1.82) is 0 Å². The maximum Gasteiger partial charge on any atom is 0.242 e. The first-order chi connectivity index (χ1) is 13.1. The number of rotatable bonds is 4. The van der Waals surface area contributed by atoms with E-state index >= 15 is 0 Å². The number of benzene rings is 1. The van der Waals surface area contributed by atoms with Crippen LogP contribution in [0.5, 0.6) is 0 Å². The Kier molecular flexibility index (Phi) is 3.79. The van der Waals surface area contributed by atoms with E-state index in [0.717, 1.165) is 30.3 Å². The molecule has 0 bridgehead atoms. The summed E-state index contributed by atoms with van der Waals surface area (Å²) in [6.07, 6.45) is 3.74. The van der Waals surface area contributed by atoms with Gasteiger partial charge in [0.1, 0.15) is 6.54 Å².